The highest BCUT2D eigenvalue weighted by Gasteiger charge is 2.75. The number of likely N-dealkylation sites (tertiary alicyclic amines) is 1. The number of benzene rings is 1. The van der Waals surface area contributed by atoms with Gasteiger partial charge in [-0.1, -0.05) is 68.3 Å². The highest BCUT2D eigenvalue weighted by Crippen LogP contribution is 2.58. The number of rotatable bonds is 5. The molecule has 2 saturated heterocycles. The molecule has 4 aliphatic rings. The predicted octanol–water partition coefficient (Wildman–Crippen LogP) is 3.43. The maximum absolute atomic E-state index is 14.6. The number of ether oxygens (including phenoxy) is 2. The first-order chi connectivity index (χ1) is 18.1. The molecule has 0 bridgehead atoms. The first-order valence-electron chi connectivity index (χ1n) is 13.3. The predicted molar refractivity (Wildman–Crippen MR) is 143 cm³/mol. The molecule has 38 heavy (non-hydrogen) atoms. The molecule has 7 atom stereocenters. The minimum Gasteiger partial charge on any atom is -0.465 e. The number of esters is 1. The molecule has 1 aromatic carbocycles. The lowest BCUT2D eigenvalue weighted by Crippen LogP contribution is -2.60. The van der Waals surface area contributed by atoms with Crippen LogP contribution in [0.25, 0.3) is 0 Å². The zero-order valence-electron chi connectivity index (χ0n) is 22.2. The van der Waals surface area contributed by atoms with Crippen LogP contribution in [-0.4, -0.2) is 70.8 Å². The van der Waals surface area contributed by atoms with E-state index >= 15 is 0 Å². The number of fused-ring (bicyclic) bond motifs is 2. The average molecular weight is 543 g/mol. The van der Waals surface area contributed by atoms with Crippen LogP contribution in [0.2, 0.25) is 5.02 Å². The Hall–Kier alpha value is -2.68. The molecular weight excluding hydrogens is 508 g/mol. The second-order valence-electron chi connectivity index (χ2n) is 11.0. The molecule has 1 N–H and O–H groups in total. The molecule has 0 saturated carbocycles. The number of amides is 2. The maximum Gasteiger partial charge on any atom is 0.313 e. The summed E-state index contributed by atoms with van der Waals surface area (Å²) in [5.41, 5.74) is -1.19. The van der Waals surface area contributed by atoms with Gasteiger partial charge in [-0.05, 0) is 37.8 Å². The molecule has 0 aliphatic carbocycles. The van der Waals surface area contributed by atoms with Gasteiger partial charge in [0.25, 0.3) is 5.91 Å². The summed E-state index contributed by atoms with van der Waals surface area (Å²) in [6.07, 6.45) is 8.55. The minimum atomic E-state index is -1.42. The summed E-state index contributed by atoms with van der Waals surface area (Å²) < 4.78 is 12.3. The van der Waals surface area contributed by atoms with Crippen molar-refractivity contribution >= 4 is 35.1 Å². The smallest absolute Gasteiger partial charge is 0.313 e. The average Bonchev–Trinajstić information content (AvgIpc) is 3.19. The molecule has 4 heterocycles. The number of para-hydroxylation sites is 1. The number of carbonyl (C=O) groups is 3. The van der Waals surface area contributed by atoms with Crippen LogP contribution < -0.4 is 4.90 Å². The molecule has 2 amide bonds. The van der Waals surface area contributed by atoms with E-state index in [1.165, 1.54) is 4.90 Å². The summed E-state index contributed by atoms with van der Waals surface area (Å²) in [6, 6.07) is 3.69. The van der Waals surface area contributed by atoms with Gasteiger partial charge >= 0.3 is 5.97 Å². The minimum absolute atomic E-state index is 0.106. The summed E-state index contributed by atoms with van der Waals surface area (Å²) in [4.78, 5) is 45.5. The van der Waals surface area contributed by atoms with E-state index in [4.69, 9.17) is 21.1 Å². The number of hydrogen-bond donors (Lipinski definition) is 1. The van der Waals surface area contributed by atoms with Crippen molar-refractivity contribution in [1.82, 2.24) is 4.90 Å². The number of aryl methyl sites for hydroxylation is 1. The van der Waals surface area contributed by atoms with Gasteiger partial charge < -0.3 is 24.4 Å². The van der Waals surface area contributed by atoms with Crippen LogP contribution in [0.4, 0.5) is 5.69 Å². The van der Waals surface area contributed by atoms with Gasteiger partial charge in [0.1, 0.15) is 17.6 Å². The molecule has 204 valence electrons. The highest BCUT2D eigenvalue weighted by atomic mass is 35.5. The molecule has 0 radical (unpaired) electrons. The molecule has 5 rings (SSSR count). The Balaban J connectivity index is 1.72. The van der Waals surface area contributed by atoms with E-state index < -0.39 is 41.1 Å². The maximum atomic E-state index is 14.6. The first kappa shape index (κ1) is 26.9. The fourth-order valence-corrected chi connectivity index (χ4v) is 7.09. The molecule has 1 aromatic rings. The molecule has 2 fully saturated rings. The molecule has 1 unspecified atom stereocenters. The Kier molecular flexibility index (Phi) is 6.95. The van der Waals surface area contributed by atoms with E-state index in [2.05, 4.69) is 0 Å². The summed E-state index contributed by atoms with van der Waals surface area (Å²) in [5.74, 6) is -3.30. The molecule has 4 aliphatic heterocycles. The van der Waals surface area contributed by atoms with Crippen LogP contribution in [0.5, 0.6) is 0 Å². The van der Waals surface area contributed by atoms with Crippen molar-refractivity contribution in [2.45, 2.75) is 63.8 Å². The van der Waals surface area contributed by atoms with Gasteiger partial charge in [-0.15, -0.1) is 0 Å². The van der Waals surface area contributed by atoms with Crippen molar-refractivity contribution in [1.29, 1.82) is 0 Å². The van der Waals surface area contributed by atoms with E-state index in [1.807, 2.05) is 51.1 Å². The van der Waals surface area contributed by atoms with Gasteiger partial charge in [-0.2, -0.15) is 0 Å². The number of hydrogen-bond acceptors (Lipinski definition) is 6. The lowest BCUT2D eigenvalue weighted by molar-refractivity contribution is -0.160. The topological polar surface area (TPSA) is 96.4 Å². The Morgan fingerprint density at radius 1 is 1.16 bits per heavy atom. The summed E-state index contributed by atoms with van der Waals surface area (Å²) >= 11 is 6.60. The summed E-state index contributed by atoms with van der Waals surface area (Å²) in [5, 5.41) is 10.9. The fourth-order valence-electron chi connectivity index (χ4n) is 6.76. The van der Waals surface area contributed by atoms with Crippen molar-refractivity contribution in [2.24, 2.45) is 17.8 Å². The Morgan fingerprint density at radius 2 is 1.92 bits per heavy atom. The fraction of sp³-hybridized carbons (Fsp3) is 0.552. The largest absolute Gasteiger partial charge is 0.465 e. The second-order valence-corrected chi connectivity index (χ2v) is 11.4. The van der Waals surface area contributed by atoms with E-state index in [0.29, 0.717) is 23.6 Å². The van der Waals surface area contributed by atoms with Crippen molar-refractivity contribution < 1.29 is 29.0 Å². The molecular formula is C29H35ClN2O6. The number of nitrogens with zero attached hydrogens (tertiary/aromatic N) is 2. The molecule has 8 nitrogen and oxygen atoms in total. The lowest BCUT2D eigenvalue weighted by Gasteiger charge is -2.42. The number of aliphatic hydroxyl groups is 1. The first-order valence-corrected chi connectivity index (χ1v) is 13.7. The second kappa shape index (κ2) is 9.81. The van der Waals surface area contributed by atoms with Crippen LogP contribution in [0.1, 0.15) is 39.2 Å². The van der Waals surface area contributed by atoms with Crippen LogP contribution in [0.15, 0.2) is 42.5 Å². The van der Waals surface area contributed by atoms with Crippen LogP contribution in [-0.2, 0) is 23.9 Å². The van der Waals surface area contributed by atoms with Gasteiger partial charge in [0.15, 0.2) is 0 Å². The normalized spacial score (nSPS) is 34.2. The molecule has 9 heteroatoms. The van der Waals surface area contributed by atoms with E-state index in [-0.39, 0.29) is 37.5 Å². The number of aliphatic hydroxyl groups excluding tert-OH is 1. The van der Waals surface area contributed by atoms with Gasteiger partial charge in [-0.25, -0.2) is 0 Å². The van der Waals surface area contributed by atoms with E-state index in [1.54, 1.807) is 24.0 Å². The quantitative estimate of drug-likeness (QED) is 0.452. The number of halogens is 1. The van der Waals surface area contributed by atoms with Crippen LogP contribution in [0, 0.1) is 24.7 Å². The Bertz CT molecular complexity index is 1200. The van der Waals surface area contributed by atoms with Gasteiger partial charge in [0.05, 0.1) is 41.5 Å². The molecule has 0 aromatic heterocycles. The van der Waals surface area contributed by atoms with Crippen molar-refractivity contribution in [3.63, 3.8) is 0 Å². The van der Waals surface area contributed by atoms with Crippen molar-refractivity contribution in [3.05, 3.63) is 53.1 Å². The SMILES string of the molecule is CC[C@H](C)[C@H](CO)N1C(=O)[C@@H]2[C@H]3C(=O)OCCC=C[C@@]3(C)O[C@@]23C=CCN(c2c(C)cccc2Cl)C(=O)C13. The monoisotopic (exact) mass is 542 g/mol. The van der Waals surface area contributed by atoms with E-state index in [0.717, 1.165) is 5.56 Å². The van der Waals surface area contributed by atoms with Crippen molar-refractivity contribution in [2.75, 3.05) is 24.7 Å². The zero-order chi connectivity index (χ0) is 27.4. The lowest BCUT2D eigenvalue weighted by atomic mass is 9.74. The molecule has 1 spiro atoms. The van der Waals surface area contributed by atoms with Crippen molar-refractivity contribution in [3.8, 4) is 0 Å². The number of carbonyl (C=O) groups excluding carboxylic acids is 3. The number of cyclic esters (lactones) is 1. The zero-order valence-corrected chi connectivity index (χ0v) is 23.0. The van der Waals surface area contributed by atoms with Gasteiger partial charge in [0, 0.05) is 6.54 Å². The summed E-state index contributed by atoms with van der Waals surface area (Å²) in [6.45, 7) is 7.68. The standard InChI is InChI=1S/C29H35ClN2O6/c1-5-17(2)20(16-33)32-24-26(35)31(23-18(3)10-8-11-19(23)30)14-9-13-29(24)21(25(32)34)22-27(36)37-15-7-6-12-28(22,4)38-29/h6,8-13,17,20-22,24,33H,5,7,14-16H2,1-4H3/t17-,20-,21-,22-,24?,28+,29-/m0/s1. The van der Waals surface area contributed by atoms with Gasteiger partial charge in [0.2, 0.25) is 5.91 Å². The Labute approximate surface area is 228 Å². The Morgan fingerprint density at radius 3 is 2.61 bits per heavy atom. The van der Waals surface area contributed by atoms with Crippen LogP contribution in [0.3, 0.4) is 0 Å². The third kappa shape index (κ3) is 3.83. The van der Waals surface area contributed by atoms with E-state index in [9.17, 15) is 19.5 Å². The third-order valence-corrected chi connectivity index (χ3v) is 9.07. The van der Waals surface area contributed by atoms with Gasteiger partial charge in [-0.3, -0.25) is 14.4 Å². The number of anilines is 1. The third-order valence-electron chi connectivity index (χ3n) is 8.76. The highest BCUT2D eigenvalue weighted by molar-refractivity contribution is 6.34. The summed E-state index contributed by atoms with van der Waals surface area (Å²) in [7, 11) is 0. The van der Waals surface area contributed by atoms with Crippen LogP contribution >= 0.6 is 11.6 Å².